The van der Waals surface area contributed by atoms with Crippen LogP contribution >= 0.6 is 11.3 Å². The Morgan fingerprint density at radius 1 is 0.976 bits per heavy atom. The lowest BCUT2D eigenvalue weighted by atomic mass is 9.95. The van der Waals surface area contributed by atoms with Crippen LogP contribution in [0.5, 0.6) is 23.0 Å². The van der Waals surface area contributed by atoms with Crippen molar-refractivity contribution >= 4 is 29.4 Å². The standard InChI is InChI=1S/C30H32N2O9S/c1-7-39-24(33)16-41-20-11-9-18(10-12-20)13-23-28(34)32-26(19-14-21(36-4)27(38-6)22(15-19)37-5)25(29(35)40-8-2)17(3)31-30(32)42-23/h9-15,26H,7-8,16H2,1-6H3/b23-13-/t26-/m0/s1. The van der Waals surface area contributed by atoms with Crippen LogP contribution in [0.2, 0.25) is 0 Å². The summed E-state index contributed by atoms with van der Waals surface area (Å²) in [4.78, 5) is 43.7. The number of rotatable bonds is 11. The molecule has 0 fully saturated rings. The maximum Gasteiger partial charge on any atom is 0.344 e. The van der Waals surface area contributed by atoms with E-state index in [4.69, 9.17) is 28.4 Å². The van der Waals surface area contributed by atoms with Gasteiger partial charge in [-0.3, -0.25) is 9.36 Å². The van der Waals surface area contributed by atoms with Crippen LogP contribution in [0.4, 0.5) is 0 Å². The molecule has 3 aromatic rings. The second-order valence-corrected chi connectivity index (χ2v) is 9.93. The summed E-state index contributed by atoms with van der Waals surface area (Å²) in [5, 5.41) is 0. The third-order valence-electron chi connectivity index (χ3n) is 6.36. The van der Waals surface area contributed by atoms with Crippen molar-refractivity contribution in [2.45, 2.75) is 26.8 Å². The van der Waals surface area contributed by atoms with Crippen molar-refractivity contribution in [3.8, 4) is 23.0 Å². The molecule has 0 spiro atoms. The number of benzene rings is 2. The maximum atomic E-state index is 13.9. The van der Waals surface area contributed by atoms with Gasteiger partial charge in [-0.2, -0.15) is 0 Å². The topological polar surface area (TPSA) is 124 Å². The van der Waals surface area contributed by atoms with E-state index < -0.39 is 18.0 Å². The normalized spacial score (nSPS) is 14.5. The predicted molar refractivity (Wildman–Crippen MR) is 155 cm³/mol. The van der Waals surface area contributed by atoms with Crippen molar-refractivity contribution in [2.24, 2.45) is 4.99 Å². The molecule has 1 aromatic heterocycles. The number of esters is 2. The second kappa shape index (κ2) is 13.4. The van der Waals surface area contributed by atoms with Gasteiger partial charge < -0.3 is 28.4 Å². The van der Waals surface area contributed by atoms with Crippen LogP contribution in [0, 0.1) is 0 Å². The van der Waals surface area contributed by atoms with Gasteiger partial charge in [-0.15, -0.1) is 0 Å². The molecule has 0 radical (unpaired) electrons. The van der Waals surface area contributed by atoms with Crippen LogP contribution in [0.15, 0.2) is 57.5 Å². The molecule has 11 nitrogen and oxygen atoms in total. The molecule has 12 heteroatoms. The minimum atomic E-state index is -0.866. The van der Waals surface area contributed by atoms with Crippen LogP contribution in [0.3, 0.4) is 0 Å². The Morgan fingerprint density at radius 2 is 1.62 bits per heavy atom. The van der Waals surface area contributed by atoms with Crippen molar-refractivity contribution in [3.63, 3.8) is 0 Å². The molecular formula is C30H32N2O9S. The number of carbonyl (C=O) groups excluding carboxylic acids is 2. The zero-order valence-electron chi connectivity index (χ0n) is 24.2. The van der Waals surface area contributed by atoms with Gasteiger partial charge in [0.25, 0.3) is 5.56 Å². The molecule has 1 aliphatic rings. The molecule has 1 atom stereocenters. The van der Waals surface area contributed by atoms with Crippen molar-refractivity contribution in [1.82, 2.24) is 4.57 Å². The number of carbonyl (C=O) groups is 2. The van der Waals surface area contributed by atoms with Crippen LogP contribution in [0.25, 0.3) is 6.08 Å². The predicted octanol–water partition coefficient (Wildman–Crippen LogP) is 2.77. The first kappa shape index (κ1) is 30.4. The Hall–Kier alpha value is -4.58. The molecule has 0 saturated carbocycles. The van der Waals surface area contributed by atoms with Gasteiger partial charge in [0.1, 0.15) is 5.75 Å². The number of ether oxygens (including phenoxy) is 6. The third kappa shape index (κ3) is 6.18. The molecule has 2 aromatic carbocycles. The molecular weight excluding hydrogens is 564 g/mol. The average molecular weight is 597 g/mol. The quantitative estimate of drug-likeness (QED) is 0.308. The highest BCUT2D eigenvalue weighted by Gasteiger charge is 2.34. The summed E-state index contributed by atoms with van der Waals surface area (Å²) in [6, 6.07) is 9.48. The third-order valence-corrected chi connectivity index (χ3v) is 7.34. The Labute approximate surface area is 246 Å². The highest BCUT2D eigenvalue weighted by molar-refractivity contribution is 7.07. The molecule has 42 heavy (non-hydrogen) atoms. The molecule has 1 aliphatic heterocycles. The van der Waals surface area contributed by atoms with Gasteiger partial charge in [0.05, 0.1) is 56.4 Å². The Morgan fingerprint density at radius 3 is 2.19 bits per heavy atom. The number of allylic oxidation sites excluding steroid dienone is 1. The van der Waals surface area contributed by atoms with Crippen molar-refractivity contribution in [1.29, 1.82) is 0 Å². The van der Waals surface area contributed by atoms with Gasteiger partial charge >= 0.3 is 11.9 Å². The van der Waals surface area contributed by atoms with Gasteiger partial charge in [0, 0.05) is 0 Å². The van der Waals surface area contributed by atoms with E-state index in [-0.39, 0.29) is 31.0 Å². The summed E-state index contributed by atoms with van der Waals surface area (Å²) in [6.07, 6.45) is 1.73. The zero-order chi connectivity index (χ0) is 30.4. The van der Waals surface area contributed by atoms with Gasteiger partial charge in [-0.25, -0.2) is 14.6 Å². The van der Waals surface area contributed by atoms with Crippen LogP contribution in [-0.4, -0.2) is 57.7 Å². The van der Waals surface area contributed by atoms with E-state index in [1.807, 2.05) is 0 Å². The van der Waals surface area contributed by atoms with Crippen molar-refractivity contribution < 1.29 is 38.0 Å². The summed E-state index contributed by atoms with van der Waals surface area (Å²) in [6.45, 7) is 5.38. The van der Waals surface area contributed by atoms with Crippen LogP contribution in [0.1, 0.15) is 37.9 Å². The molecule has 0 aliphatic carbocycles. The van der Waals surface area contributed by atoms with E-state index in [0.717, 1.165) is 5.56 Å². The van der Waals surface area contributed by atoms with E-state index in [0.29, 0.717) is 43.6 Å². The van der Waals surface area contributed by atoms with Gasteiger partial charge in [0.2, 0.25) is 5.75 Å². The minimum absolute atomic E-state index is 0.154. The number of hydrogen-bond donors (Lipinski definition) is 0. The number of methoxy groups -OCH3 is 3. The fraction of sp³-hybridized carbons (Fsp3) is 0.333. The molecule has 0 unspecified atom stereocenters. The van der Waals surface area contributed by atoms with E-state index in [1.54, 1.807) is 63.2 Å². The molecule has 0 N–H and O–H groups in total. The maximum absolute atomic E-state index is 13.9. The number of hydrogen-bond acceptors (Lipinski definition) is 11. The van der Waals surface area contributed by atoms with E-state index in [2.05, 4.69) is 4.99 Å². The summed E-state index contributed by atoms with van der Waals surface area (Å²) in [5.74, 6) is 0.573. The van der Waals surface area contributed by atoms with Crippen molar-refractivity contribution in [2.75, 3.05) is 41.2 Å². The van der Waals surface area contributed by atoms with Crippen LogP contribution < -0.4 is 33.8 Å². The number of fused-ring (bicyclic) bond motifs is 1. The molecule has 0 bridgehead atoms. The highest BCUT2D eigenvalue weighted by atomic mass is 32.1. The van der Waals surface area contributed by atoms with Crippen molar-refractivity contribution in [3.05, 3.63) is 78.5 Å². The number of aromatic nitrogens is 1. The summed E-state index contributed by atoms with van der Waals surface area (Å²) in [7, 11) is 4.48. The minimum Gasteiger partial charge on any atom is -0.493 e. The van der Waals surface area contributed by atoms with E-state index >= 15 is 0 Å². The lowest BCUT2D eigenvalue weighted by molar-refractivity contribution is -0.145. The average Bonchev–Trinajstić information content (AvgIpc) is 3.29. The Balaban J connectivity index is 1.82. The zero-order valence-corrected chi connectivity index (χ0v) is 25.0. The Bertz CT molecular complexity index is 1660. The van der Waals surface area contributed by atoms with Gasteiger partial charge in [-0.05, 0) is 62.2 Å². The van der Waals surface area contributed by atoms with E-state index in [1.165, 1.54) is 37.2 Å². The summed E-state index contributed by atoms with van der Waals surface area (Å²) >= 11 is 1.20. The monoisotopic (exact) mass is 596 g/mol. The molecule has 2 heterocycles. The van der Waals surface area contributed by atoms with Gasteiger partial charge in [-0.1, -0.05) is 23.5 Å². The molecule has 0 saturated heterocycles. The van der Waals surface area contributed by atoms with Crippen LogP contribution in [-0.2, 0) is 19.1 Å². The lowest BCUT2D eigenvalue weighted by Gasteiger charge is -2.26. The molecule has 0 amide bonds. The van der Waals surface area contributed by atoms with Gasteiger partial charge in [0.15, 0.2) is 22.9 Å². The summed E-state index contributed by atoms with van der Waals surface area (Å²) in [5.41, 5.74) is 1.61. The fourth-order valence-corrected chi connectivity index (χ4v) is 5.57. The fourth-order valence-electron chi connectivity index (χ4n) is 4.52. The largest absolute Gasteiger partial charge is 0.493 e. The number of thiazole rings is 1. The first-order valence-corrected chi connectivity index (χ1v) is 14.0. The molecule has 222 valence electrons. The molecule has 4 rings (SSSR count). The SMILES string of the molecule is CCOC(=O)COc1ccc(/C=c2\sc3n(c2=O)[C@@H](c2cc(OC)c(OC)c(OC)c2)C(C(=O)OCC)=C(C)N=3)cc1. The second-order valence-electron chi connectivity index (χ2n) is 8.92. The highest BCUT2D eigenvalue weighted by Crippen LogP contribution is 2.42. The first-order valence-electron chi connectivity index (χ1n) is 13.1. The Kier molecular flexibility index (Phi) is 9.68. The van der Waals surface area contributed by atoms with E-state index in [9.17, 15) is 14.4 Å². The summed E-state index contributed by atoms with van der Waals surface area (Å²) < 4.78 is 34.2. The lowest BCUT2D eigenvalue weighted by Crippen LogP contribution is -2.40. The smallest absolute Gasteiger partial charge is 0.344 e. The number of nitrogens with zero attached hydrogens (tertiary/aromatic N) is 2. The first-order chi connectivity index (χ1) is 20.3.